The highest BCUT2D eigenvalue weighted by Gasteiger charge is 2.68. The summed E-state index contributed by atoms with van der Waals surface area (Å²) in [5, 5.41) is 34.3. The number of nitrogens with one attached hydrogen (secondary N) is 1. The molecule has 0 saturated carbocycles. The fraction of sp³-hybridized carbons (Fsp3) is 0.778. The molecule has 0 bridgehead atoms. The average Bonchev–Trinajstić information content (AvgIpc) is 3.61. The van der Waals surface area contributed by atoms with E-state index in [-0.39, 0.29) is 36.7 Å². The molecular formula is C27H43NO9. The van der Waals surface area contributed by atoms with Crippen molar-refractivity contribution in [3.05, 3.63) is 23.8 Å². The fourth-order valence-electron chi connectivity index (χ4n) is 5.25. The third-order valence-electron chi connectivity index (χ3n) is 7.63. The van der Waals surface area contributed by atoms with Gasteiger partial charge in [-0.3, -0.25) is 9.59 Å². The standard InChI is InChI=1S/C27H43NO9/c1-15(8-11-22-24(31)27(14-34-27)25(32)26(6,33)37-22)7-10-21-16(2)13-20(18(4)36-21)28-23(30)12-9-17(3)35-19(5)29/h7,9,12,16-18,20-22,24-25,31-33H,8,10-11,13-14H2,1-6H3,(H,28,30)/b12-9-,15-7+. The number of carbonyl (C=O) groups excluding carboxylic acids is 2. The normalized spacial score (nSPS) is 41.0. The molecule has 0 radical (unpaired) electrons. The van der Waals surface area contributed by atoms with Crippen molar-refractivity contribution in [2.24, 2.45) is 5.92 Å². The highest BCUT2D eigenvalue weighted by molar-refractivity contribution is 5.87. The molecule has 0 aromatic carbocycles. The molecule has 10 unspecified atom stereocenters. The van der Waals surface area contributed by atoms with E-state index >= 15 is 0 Å². The summed E-state index contributed by atoms with van der Waals surface area (Å²) >= 11 is 0. The molecule has 1 amide bonds. The topological polar surface area (TPSA) is 147 Å². The van der Waals surface area contributed by atoms with Gasteiger partial charge in [-0.25, -0.2) is 0 Å². The van der Waals surface area contributed by atoms with Gasteiger partial charge in [-0.05, 0) is 65.4 Å². The Kier molecular flexibility index (Phi) is 9.58. The largest absolute Gasteiger partial charge is 0.459 e. The summed E-state index contributed by atoms with van der Waals surface area (Å²) < 4.78 is 22.2. The van der Waals surface area contributed by atoms with E-state index in [0.29, 0.717) is 12.8 Å². The van der Waals surface area contributed by atoms with Crippen LogP contribution in [0.3, 0.4) is 0 Å². The average molecular weight is 526 g/mol. The molecule has 0 aliphatic carbocycles. The van der Waals surface area contributed by atoms with Crippen molar-refractivity contribution in [2.45, 2.75) is 121 Å². The monoisotopic (exact) mass is 525 g/mol. The van der Waals surface area contributed by atoms with Gasteiger partial charge in [-0.1, -0.05) is 18.6 Å². The molecule has 0 aromatic heterocycles. The van der Waals surface area contributed by atoms with Crippen molar-refractivity contribution in [2.75, 3.05) is 6.61 Å². The molecule has 3 heterocycles. The van der Waals surface area contributed by atoms with Crippen LogP contribution in [0.4, 0.5) is 0 Å². The molecular weight excluding hydrogens is 482 g/mol. The van der Waals surface area contributed by atoms with Crippen molar-refractivity contribution in [1.29, 1.82) is 0 Å². The predicted molar refractivity (Wildman–Crippen MR) is 134 cm³/mol. The Morgan fingerprint density at radius 2 is 1.89 bits per heavy atom. The predicted octanol–water partition coefficient (Wildman–Crippen LogP) is 1.51. The molecule has 3 rings (SSSR count). The number of carbonyl (C=O) groups is 2. The van der Waals surface area contributed by atoms with E-state index in [1.54, 1.807) is 13.0 Å². The first-order valence-electron chi connectivity index (χ1n) is 13.1. The number of hydrogen-bond acceptors (Lipinski definition) is 9. The van der Waals surface area contributed by atoms with Crippen molar-refractivity contribution in [3.63, 3.8) is 0 Å². The first-order valence-corrected chi connectivity index (χ1v) is 13.1. The molecule has 0 aromatic rings. The van der Waals surface area contributed by atoms with Crippen molar-refractivity contribution >= 4 is 11.9 Å². The Morgan fingerprint density at radius 3 is 2.51 bits per heavy atom. The van der Waals surface area contributed by atoms with Crippen LogP contribution in [0.2, 0.25) is 0 Å². The van der Waals surface area contributed by atoms with Crippen LogP contribution < -0.4 is 5.32 Å². The summed E-state index contributed by atoms with van der Waals surface area (Å²) in [7, 11) is 0. The number of aliphatic hydroxyl groups is 3. The van der Waals surface area contributed by atoms with Gasteiger partial charge in [0.25, 0.3) is 0 Å². The Balaban J connectivity index is 1.45. The van der Waals surface area contributed by atoms with E-state index in [4.69, 9.17) is 18.9 Å². The van der Waals surface area contributed by atoms with Gasteiger partial charge in [0, 0.05) is 13.0 Å². The van der Waals surface area contributed by atoms with E-state index in [9.17, 15) is 24.9 Å². The summed E-state index contributed by atoms with van der Waals surface area (Å²) in [6.07, 6.45) is 4.09. The molecule has 3 fully saturated rings. The second-order valence-electron chi connectivity index (χ2n) is 11.0. The minimum absolute atomic E-state index is 0.00756. The molecule has 10 atom stereocenters. The summed E-state index contributed by atoms with van der Waals surface area (Å²) in [5.41, 5.74) is -0.0355. The minimum atomic E-state index is -1.78. The molecule has 4 N–H and O–H groups in total. The third-order valence-corrected chi connectivity index (χ3v) is 7.63. The van der Waals surface area contributed by atoms with E-state index in [0.717, 1.165) is 18.4 Å². The maximum atomic E-state index is 12.3. The van der Waals surface area contributed by atoms with Crippen LogP contribution in [0.5, 0.6) is 0 Å². The smallest absolute Gasteiger partial charge is 0.303 e. The summed E-state index contributed by atoms with van der Waals surface area (Å²) in [4.78, 5) is 23.3. The summed E-state index contributed by atoms with van der Waals surface area (Å²) in [5.74, 6) is -2.20. The lowest BCUT2D eigenvalue weighted by Crippen LogP contribution is -2.65. The molecule has 37 heavy (non-hydrogen) atoms. The zero-order valence-electron chi connectivity index (χ0n) is 22.7. The van der Waals surface area contributed by atoms with Crippen molar-refractivity contribution in [1.82, 2.24) is 5.32 Å². The Morgan fingerprint density at radius 1 is 1.22 bits per heavy atom. The highest BCUT2D eigenvalue weighted by atomic mass is 16.7. The van der Waals surface area contributed by atoms with Crippen LogP contribution >= 0.6 is 0 Å². The Hall–Kier alpha value is -1.82. The lowest BCUT2D eigenvalue weighted by molar-refractivity contribution is -0.331. The van der Waals surface area contributed by atoms with E-state index in [1.165, 1.54) is 19.9 Å². The van der Waals surface area contributed by atoms with E-state index < -0.39 is 41.8 Å². The number of esters is 1. The van der Waals surface area contributed by atoms with Gasteiger partial charge in [0.05, 0.1) is 31.0 Å². The van der Waals surface area contributed by atoms with Gasteiger partial charge in [0.15, 0.2) is 11.4 Å². The number of aliphatic hydroxyl groups excluding tert-OH is 2. The third kappa shape index (κ3) is 7.40. The second kappa shape index (κ2) is 11.9. The van der Waals surface area contributed by atoms with Crippen LogP contribution in [-0.2, 0) is 28.5 Å². The van der Waals surface area contributed by atoms with Crippen LogP contribution in [0.1, 0.15) is 67.2 Å². The molecule has 10 nitrogen and oxygen atoms in total. The number of allylic oxidation sites excluding steroid dienone is 1. The summed E-state index contributed by atoms with van der Waals surface area (Å²) in [6.45, 7) is 10.7. The van der Waals surface area contributed by atoms with Crippen LogP contribution in [0.25, 0.3) is 0 Å². The van der Waals surface area contributed by atoms with Gasteiger partial charge in [-0.2, -0.15) is 0 Å². The number of epoxide rings is 1. The maximum Gasteiger partial charge on any atom is 0.303 e. The maximum absolute atomic E-state index is 12.3. The first kappa shape index (κ1) is 29.7. The molecule has 3 aliphatic heterocycles. The number of hydrogen-bond donors (Lipinski definition) is 4. The van der Waals surface area contributed by atoms with Crippen LogP contribution in [-0.4, -0.2) is 87.9 Å². The van der Waals surface area contributed by atoms with E-state index in [2.05, 4.69) is 18.3 Å². The summed E-state index contributed by atoms with van der Waals surface area (Å²) in [6, 6.07) is -0.123. The Labute approximate surface area is 219 Å². The molecule has 1 spiro atoms. The quantitative estimate of drug-likeness (QED) is 0.152. The second-order valence-corrected chi connectivity index (χ2v) is 11.0. The number of ether oxygens (including phenoxy) is 4. The van der Waals surface area contributed by atoms with Crippen molar-refractivity contribution in [3.8, 4) is 0 Å². The van der Waals surface area contributed by atoms with Gasteiger partial charge < -0.3 is 39.6 Å². The highest BCUT2D eigenvalue weighted by Crippen LogP contribution is 2.46. The molecule has 10 heteroatoms. The lowest BCUT2D eigenvalue weighted by atomic mass is 9.83. The van der Waals surface area contributed by atoms with Gasteiger partial charge in [-0.15, -0.1) is 0 Å². The number of rotatable bonds is 9. The van der Waals surface area contributed by atoms with E-state index in [1.807, 2.05) is 13.8 Å². The lowest BCUT2D eigenvalue weighted by Gasteiger charge is -2.45. The van der Waals surface area contributed by atoms with Gasteiger partial charge in [0.1, 0.15) is 18.3 Å². The van der Waals surface area contributed by atoms with Gasteiger partial charge in [0.2, 0.25) is 5.91 Å². The number of amides is 1. The van der Waals surface area contributed by atoms with Gasteiger partial charge >= 0.3 is 5.97 Å². The molecule has 3 aliphatic rings. The van der Waals surface area contributed by atoms with Crippen LogP contribution in [0, 0.1) is 5.92 Å². The molecule has 3 saturated heterocycles. The molecule has 210 valence electrons. The zero-order chi connectivity index (χ0) is 27.5. The minimum Gasteiger partial charge on any atom is -0.459 e. The van der Waals surface area contributed by atoms with Crippen LogP contribution in [0.15, 0.2) is 23.8 Å². The zero-order valence-corrected chi connectivity index (χ0v) is 22.7. The Bertz CT molecular complexity index is 881. The van der Waals surface area contributed by atoms with Crippen molar-refractivity contribution < 1.29 is 43.9 Å². The fourth-order valence-corrected chi connectivity index (χ4v) is 5.25. The first-order chi connectivity index (χ1) is 17.2. The SMILES string of the molecule is CC(=O)OC(C)/C=C\C(=O)NC1CC(C)C(C/C=C(\C)CCC2OC(C)(O)C(O)C3(CO3)C2O)OC1C.